The van der Waals surface area contributed by atoms with Crippen LogP contribution in [0.3, 0.4) is 0 Å². The van der Waals surface area contributed by atoms with Crippen molar-refractivity contribution in [1.29, 1.82) is 0 Å². The molecule has 11 heavy (non-hydrogen) atoms. The summed E-state index contributed by atoms with van der Waals surface area (Å²) in [6, 6.07) is 0. The maximum Gasteiger partial charge on any atom is 0.407 e. The SMILES string of the molecule is CCC(C)(CC)OC(=O)NC. The second kappa shape index (κ2) is 4.21. The van der Waals surface area contributed by atoms with Crippen molar-refractivity contribution in [1.82, 2.24) is 5.32 Å². The van der Waals surface area contributed by atoms with Gasteiger partial charge in [-0.05, 0) is 19.8 Å². The number of alkyl carbamates (subject to hydrolysis) is 1. The van der Waals surface area contributed by atoms with Gasteiger partial charge in [0.2, 0.25) is 0 Å². The van der Waals surface area contributed by atoms with Crippen LogP contribution in [0, 0.1) is 0 Å². The minimum Gasteiger partial charge on any atom is -0.443 e. The summed E-state index contributed by atoms with van der Waals surface area (Å²) in [6.07, 6.45) is 1.34. The summed E-state index contributed by atoms with van der Waals surface area (Å²) < 4.78 is 5.14. The van der Waals surface area contributed by atoms with E-state index in [0.29, 0.717) is 0 Å². The predicted octanol–water partition coefficient (Wildman–Crippen LogP) is 1.92. The summed E-state index contributed by atoms with van der Waals surface area (Å²) >= 11 is 0. The number of carbonyl (C=O) groups excluding carboxylic acids is 1. The van der Waals surface area contributed by atoms with Gasteiger partial charge in [0.25, 0.3) is 0 Å². The Kier molecular flexibility index (Phi) is 3.93. The predicted molar refractivity (Wildman–Crippen MR) is 44.5 cm³/mol. The van der Waals surface area contributed by atoms with Gasteiger partial charge in [-0.3, -0.25) is 0 Å². The maximum atomic E-state index is 10.8. The first kappa shape index (κ1) is 10.3. The lowest BCUT2D eigenvalue weighted by Crippen LogP contribution is -2.34. The molecule has 0 aromatic carbocycles. The van der Waals surface area contributed by atoms with Gasteiger partial charge in [-0.25, -0.2) is 4.79 Å². The van der Waals surface area contributed by atoms with Gasteiger partial charge in [0.05, 0.1) is 0 Å². The van der Waals surface area contributed by atoms with Crippen LogP contribution in [-0.4, -0.2) is 18.7 Å². The summed E-state index contributed by atoms with van der Waals surface area (Å²) in [7, 11) is 1.56. The molecule has 0 saturated carbocycles. The molecule has 0 aliphatic carbocycles. The summed E-state index contributed by atoms with van der Waals surface area (Å²) in [5.74, 6) is 0. The van der Waals surface area contributed by atoms with Crippen LogP contribution in [0.15, 0.2) is 0 Å². The number of ether oxygens (including phenoxy) is 1. The normalized spacial score (nSPS) is 10.9. The van der Waals surface area contributed by atoms with Crippen molar-refractivity contribution in [2.75, 3.05) is 7.05 Å². The third kappa shape index (κ3) is 3.25. The molecule has 0 spiro atoms. The number of amides is 1. The van der Waals surface area contributed by atoms with Crippen LogP contribution in [0.5, 0.6) is 0 Å². The molecular weight excluding hydrogens is 142 g/mol. The molecule has 0 aromatic heterocycles. The minimum atomic E-state index is -0.351. The zero-order valence-electron chi connectivity index (χ0n) is 7.73. The van der Waals surface area contributed by atoms with Gasteiger partial charge in [0.1, 0.15) is 5.60 Å². The number of hydrogen-bond donors (Lipinski definition) is 1. The van der Waals surface area contributed by atoms with Gasteiger partial charge in [0, 0.05) is 7.05 Å². The molecule has 0 aliphatic rings. The van der Waals surface area contributed by atoms with Crippen LogP contribution < -0.4 is 5.32 Å². The largest absolute Gasteiger partial charge is 0.443 e. The van der Waals surface area contributed by atoms with Crippen molar-refractivity contribution in [2.24, 2.45) is 0 Å². The molecule has 0 aromatic rings. The maximum absolute atomic E-state index is 10.8. The van der Waals surface area contributed by atoms with E-state index in [-0.39, 0.29) is 11.7 Å². The smallest absolute Gasteiger partial charge is 0.407 e. The molecular formula is C8H17NO2. The molecule has 0 unspecified atom stereocenters. The van der Waals surface area contributed by atoms with Gasteiger partial charge in [-0.2, -0.15) is 0 Å². The molecule has 0 radical (unpaired) electrons. The first-order valence-corrected chi connectivity index (χ1v) is 3.98. The third-order valence-corrected chi connectivity index (χ3v) is 2.04. The van der Waals surface area contributed by atoms with Crippen molar-refractivity contribution < 1.29 is 9.53 Å². The highest BCUT2D eigenvalue weighted by Gasteiger charge is 2.23. The molecule has 0 aliphatic heterocycles. The lowest BCUT2D eigenvalue weighted by Gasteiger charge is -2.26. The zero-order valence-corrected chi connectivity index (χ0v) is 7.73. The van der Waals surface area contributed by atoms with Crippen LogP contribution >= 0.6 is 0 Å². The van der Waals surface area contributed by atoms with Gasteiger partial charge in [-0.15, -0.1) is 0 Å². The van der Waals surface area contributed by atoms with Gasteiger partial charge in [0.15, 0.2) is 0 Å². The van der Waals surface area contributed by atoms with E-state index in [2.05, 4.69) is 5.32 Å². The molecule has 0 atom stereocenters. The topological polar surface area (TPSA) is 38.3 Å². The summed E-state index contributed by atoms with van der Waals surface area (Å²) in [6.45, 7) is 5.95. The number of nitrogens with one attached hydrogen (secondary N) is 1. The molecule has 0 saturated heterocycles. The third-order valence-electron chi connectivity index (χ3n) is 2.04. The van der Waals surface area contributed by atoms with E-state index in [0.717, 1.165) is 12.8 Å². The quantitative estimate of drug-likeness (QED) is 0.683. The van der Waals surface area contributed by atoms with Crippen molar-refractivity contribution in [3.05, 3.63) is 0 Å². The molecule has 3 heteroatoms. The van der Waals surface area contributed by atoms with Gasteiger partial charge >= 0.3 is 6.09 Å². The van der Waals surface area contributed by atoms with E-state index in [4.69, 9.17) is 4.74 Å². The van der Waals surface area contributed by atoms with Crippen LogP contribution in [0.2, 0.25) is 0 Å². The molecule has 1 N–H and O–H groups in total. The van der Waals surface area contributed by atoms with Crippen LogP contribution in [-0.2, 0) is 4.74 Å². The minimum absolute atomic E-state index is 0.305. The van der Waals surface area contributed by atoms with Crippen molar-refractivity contribution >= 4 is 6.09 Å². The number of hydrogen-bond acceptors (Lipinski definition) is 2. The average Bonchev–Trinajstić information content (AvgIpc) is 2.04. The Morgan fingerprint density at radius 2 is 1.91 bits per heavy atom. The monoisotopic (exact) mass is 159 g/mol. The Morgan fingerprint density at radius 1 is 1.45 bits per heavy atom. The highest BCUT2D eigenvalue weighted by molar-refractivity contribution is 5.67. The summed E-state index contributed by atoms with van der Waals surface area (Å²) in [5.41, 5.74) is -0.305. The first-order valence-electron chi connectivity index (χ1n) is 3.98. The van der Waals surface area contributed by atoms with Gasteiger partial charge in [-0.1, -0.05) is 13.8 Å². The van der Waals surface area contributed by atoms with E-state index in [9.17, 15) is 4.79 Å². The number of rotatable bonds is 3. The Morgan fingerprint density at radius 3 is 2.18 bits per heavy atom. The molecule has 0 heterocycles. The van der Waals surface area contributed by atoms with Crippen LogP contribution in [0.4, 0.5) is 4.79 Å². The highest BCUT2D eigenvalue weighted by Crippen LogP contribution is 2.18. The molecule has 66 valence electrons. The van der Waals surface area contributed by atoms with E-state index < -0.39 is 0 Å². The lowest BCUT2D eigenvalue weighted by atomic mass is 10.0. The molecule has 3 nitrogen and oxygen atoms in total. The molecule has 1 amide bonds. The fourth-order valence-electron chi connectivity index (χ4n) is 0.669. The summed E-state index contributed by atoms with van der Waals surface area (Å²) in [5, 5.41) is 2.43. The molecule has 0 fully saturated rings. The fraction of sp³-hybridized carbons (Fsp3) is 0.875. The fourth-order valence-corrected chi connectivity index (χ4v) is 0.669. The van der Waals surface area contributed by atoms with Crippen molar-refractivity contribution in [3.63, 3.8) is 0 Å². The van der Waals surface area contributed by atoms with Crippen LogP contribution in [0.25, 0.3) is 0 Å². The number of carbonyl (C=O) groups is 1. The Bertz CT molecular complexity index is 130. The van der Waals surface area contributed by atoms with Crippen molar-refractivity contribution in [2.45, 2.75) is 39.2 Å². The van der Waals surface area contributed by atoms with E-state index in [1.54, 1.807) is 7.05 Å². The van der Waals surface area contributed by atoms with Gasteiger partial charge < -0.3 is 10.1 Å². The Hall–Kier alpha value is -0.730. The average molecular weight is 159 g/mol. The van der Waals surface area contributed by atoms with E-state index in [1.807, 2.05) is 20.8 Å². The second-order valence-electron chi connectivity index (χ2n) is 2.80. The Labute approximate surface area is 68.1 Å². The summed E-state index contributed by atoms with van der Waals surface area (Å²) in [4.78, 5) is 10.8. The van der Waals surface area contributed by atoms with Crippen LogP contribution in [0.1, 0.15) is 33.6 Å². The zero-order chi connectivity index (χ0) is 8.91. The standard InChI is InChI=1S/C8H17NO2/c1-5-8(3,6-2)11-7(10)9-4/h5-6H2,1-4H3,(H,9,10). The van der Waals surface area contributed by atoms with E-state index >= 15 is 0 Å². The first-order chi connectivity index (χ1) is 5.08. The molecule has 0 bridgehead atoms. The lowest BCUT2D eigenvalue weighted by molar-refractivity contribution is 0.0204. The second-order valence-corrected chi connectivity index (χ2v) is 2.80. The molecule has 0 rings (SSSR count). The Balaban J connectivity index is 3.96. The van der Waals surface area contributed by atoms with Crippen molar-refractivity contribution in [3.8, 4) is 0 Å². The van der Waals surface area contributed by atoms with E-state index in [1.165, 1.54) is 0 Å². The highest BCUT2D eigenvalue weighted by atomic mass is 16.6.